The Morgan fingerprint density at radius 2 is 2.11 bits per heavy atom. The van der Waals surface area contributed by atoms with E-state index >= 15 is 0 Å². The van der Waals surface area contributed by atoms with Crippen molar-refractivity contribution in [1.82, 2.24) is 5.32 Å². The van der Waals surface area contributed by atoms with Gasteiger partial charge in [-0.1, -0.05) is 27.5 Å². The first kappa shape index (κ1) is 18.7. The topological polar surface area (TPSA) is 55.1 Å². The van der Waals surface area contributed by atoms with E-state index in [4.69, 9.17) is 17.3 Å². The van der Waals surface area contributed by atoms with Crippen LogP contribution in [0, 0.1) is 0 Å². The van der Waals surface area contributed by atoms with Crippen molar-refractivity contribution < 1.29 is 4.79 Å². The van der Waals surface area contributed by atoms with Gasteiger partial charge in [-0.25, -0.2) is 0 Å². The number of carbonyl (C=O) groups is 1. The first-order chi connectivity index (χ1) is 8.28. The van der Waals surface area contributed by atoms with Crippen molar-refractivity contribution in [2.75, 3.05) is 6.54 Å². The molecule has 108 valence electrons. The molecule has 1 aromatic rings. The van der Waals surface area contributed by atoms with Gasteiger partial charge in [-0.2, -0.15) is 0 Å². The van der Waals surface area contributed by atoms with E-state index in [0.29, 0.717) is 24.4 Å². The average molecular weight is 370 g/mol. The Bertz CT molecular complexity index is 433. The van der Waals surface area contributed by atoms with Gasteiger partial charge in [0.05, 0.1) is 0 Å². The summed E-state index contributed by atoms with van der Waals surface area (Å²) in [6.07, 6.45) is 1.08. The highest BCUT2D eigenvalue weighted by Crippen LogP contribution is 2.22. The van der Waals surface area contributed by atoms with Crippen molar-refractivity contribution in [3.63, 3.8) is 0 Å². The molecule has 1 amide bonds. The molecule has 0 atom stereocenters. The van der Waals surface area contributed by atoms with E-state index in [1.54, 1.807) is 0 Å². The molecule has 19 heavy (non-hydrogen) atoms. The molecule has 0 saturated carbocycles. The lowest BCUT2D eigenvalue weighted by Gasteiger charge is -2.18. The minimum atomic E-state index is -0.383. The van der Waals surface area contributed by atoms with E-state index in [0.717, 1.165) is 10.0 Å². The van der Waals surface area contributed by atoms with Crippen LogP contribution < -0.4 is 11.1 Å². The Labute approximate surface area is 133 Å². The molecule has 0 aliphatic heterocycles. The van der Waals surface area contributed by atoms with Gasteiger partial charge < -0.3 is 11.1 Å². The van der Waals surface area contributed by atoms with Gasteiger partial charge in [0.1, 0.15) is 0 Å². The van der Waals surface area contributed by atoms with Crippen LogP contribution in [0.2, 0.25) is 5.02 Å². The van der Waals surface area contributed by atoms with Crippen LogP contribution in [0.5, 0.6) is 0 Å². The number of nitrogens with one attached hydrogen (secondary N) is 1. The van der Waals surface area contributed by atoms with Crippen molar-refractivity contribution in [3.8, 4) is 0 Å². The molecule has 1 aromatic carbocycles. The second-order valence-electron chi connectivity index (χ2n) is 5.00. The van der Waals surface area contributed by atoms with E-state index in [9.17, 15) is 4.79 Å². The third-order valence-electron chi connectivity index (χ3n) is 2.37. The van der Waals surface area contributed by atoms with Gasteiger partial charge in [-0.15, -0.1) is 12.4 Å². The number of rotatable bonds is 5. The number of carbonyl (C=O) groups excluding carboxylic acids is 1. The highest BCUT2D eigenvalue weighted by molar-refractivity contribution is 9.10. The summed E-state index contributed by atoms with van der Waals surface area (Å²) in [7, 11) is 0. The van der Waals surface area contributed by atoms with Gasteiger partial charge in [0.2, 0.25) is 5.91 Å². The highest BCUT2D eigenvalue weighted by atomic mass is 79.9. The average Bonchev–Trinajstić information content (AvgIpc) is 2.26. The fourth-order valence-electron chi connectivity index (χ4n) is 1.40. The smallest absolute Gasteiger partial charge is 0.220 e. The summed E-state index contributed by atoms with van der Waals surface area (Å²) in [5.41, 5.74) is 6.44. The van der Waals surface area contributed by atoms with Gasteiger partial charge in [-0.3, -0.25) is 4.79 Å². The highest BCUT2D eigenvalue weighted by Gasteiger charge is 2.12. The van der Waals surface area contributed by atoms with Crippen LogP contribution in [-0.2, 0) is 11.2 Å². The summed E-state index contributed by atoms with van der Waals surface area (Å²) in [4.78, 5) is 11.6. The van der Waals surface area contributed by atoms with E-state index in [2.05, 4.69) is 21.2 Å². The van der Waals surface area contributed by atoms with Crippen LogP contribution in [0.25, 0.3) is 0 Å². The van der Waals surface area contributed by atoms with Crippen LogP contribution in [0.15, 0.2) is 22.7 Å². The van der Waals surface area contributed by atoms with Crippen LogP contribution in [-0.4, -0.2) is 18.0 Å². The van der Waals surface area contributed by atoms with Gasteiger partial charge in [-0.05, 0) is 44.0 Å². The third kappa shape index (κ3) is 7.78. The number of nitrogens with two attached hydrogens (primary N) is 1. The molecule has 3 nitrogen and oxygen atoms in total. The molecule has 0 spiro atoms. The monoisotopic (exact) mass is 368 g/mol. The van der Waals surface area contributed by atoms with Gasteiger partial charge in [0, 0.05) is 28.0 Å². The molecule has 0 heterocycles. The lowest BCUT2D eigenvalue weighted by atomic mass is 10.1. The van der Waals surface area contributed by atoms with E-state index < -0.39 is 0 Å². The van der Waals surface area contributed by atoms with Gasteiger partial charge in [0.15, 0.2) is 0 Å². The molecule has 6 heteroatoms. The zero-order chi connectivity index (χ0) is 13.8. The van der Waals surface area contributed by atoms with Crippen LogP contribution in [0.1, 0.15) is 25.8 Å². The standard InChI is InChI=1S/C13H18BrClN2O.ClH/c1-13(2,16)8-17-12(18)6-3-9-7-10(15)4-5-11(9)14;/h4-5,7H,3,6,8,16H2,1-2H3,(H,17,18);1H. The quantitative estimate of drug-likeness (QED) is 0.836. The van der Waals surface area contributed by atoms with Crippen LogP contribution in [0.3, 0.4) is 0 Å². The molecule has 0 unspecified atom stereocenters. The molecule has 0 aliphatic carbocycles. The molecular formula is C13H19BrCl2N2O. The Morgan fingerprint density at radius 3 is 2.68 bits per heavy atom. The Balaban J connectivity index is 0.00000324. The number of amides is 1. The Morgan fingerprint density at radius 1 is 1.47 bits per heavy atom. The summed E-state index contributed by atoms with van der Waals surface area (Å²) < 4.78 is 0.971. The van der Waals surface area contributed by atoms with E-state index in [-0.39, 0.29) is 23.9 Å². The summed E-state index contributed by atoms with van der Waals surface area (Å²) in [5.74, 6) is 0.000371. The SMILES string of the molecule is CC(C)(N)CNC(=O)CCc1cc(Cl)ccc1Br.Cl. The molecule has 0 saturated heterocycles. The molecule has 0 bridgehead atoms. The van der Waals surface area contributed by atoms with E-state index in [1.165, 1.54) is 0 Å². The predicted octanol–water partition coefficient (Wildman–Crippen LogP) is 3.31. The number of hydrogen-bond donors (Lipinski definition) is 2. The largest absolute Gasteiger partial charge is 0.354 e. The first-order valence-corrected chi connectivity index (χ1v) is 6.94. The van der Waals surface area contributed by atoms with Crippen molar-refractivity contribution in [2.24, 2.45) is 5.73 Å². The zero-order valence-electron chi connectivity index (χ0n) is 11.0. The molecular weight excluding hydrogens is 351 g/mol. The summed E-state index contributed by atoms with van der Waals surface area (Å²) in [6, 6.07) is 5.57. The summed E-state index contributed by atoms with van der Waals surface area (Å²) in [5, 5.41) is 3.49. The Hall–Kier alpha value is -0.290. The first-order valence-electron chi connectivity index (χ1n) is 5.77. The van der Waals surface area contributed by atoms with Crippen molar-refractivity contribution in [3.05, 3.63) is 33.3 Å². The lowest BCUT2D eigenvalue weighted by Crippen LogP contribution is -2.45. The van der Waals surface area contributed by atoms with E-state index in [1.807, 2.05) is 32.0 Å². The fourth-order valence-corrected chi connectivity index (χ4v) is 2.04. The zero-order valence-corrected chi connectivity index (χ0v) is 14.2. The fraction of sp³-hybridized carbons (Fsp3) is 0.462. The van der Waals surface area contributed by atoms with Gasteiger partial charge >= 0.3 is 0 Å². The molecule has 0 radical (unpaired) electrons. The van der Waals surface area contributed by atoms with Crippen LogP contribution in [0.4, 0.5) is 0 Å². The van der Waals surface area contributed by atoms with Crippen LogP contribution >= 0.6 is 39.9 Å². The normalized spacial score (nSPS) is 10.8. The Kier molecular flexibility index (Phi) is 7.98. The van der Waals surface area contributed by atoms with Gasteiger partial charge in [0.25, 0.3) is 0 Å². The summed E-state index contributed by atoms with van der Waals surface area (Å²) >= 11 is 9.36. The maximum atomic E-state index is 11.6. The number of halogens is 3. The second-order valence-corrected chi connectivity index (χ2v) is 6.29. The number of aryl methyl sites for hydroxylation is 1. The molecule has 3 N–H and O–H groups in total. The summed E-state index contributed by atoms with van der Waals surface area (Å²) in [6.45, 7) is 4.23. The molecule has 0 fully saturated rings. The third-order valence-corrected chi connectivity index (χ3v) is 3.38. The van der Waals surface area contributed by atoms with Crippen molar-refractivity contribution >= 4 is 45.8 Å². The lowest BCUT2D eigenvalue weighted by molar-refractivity contribution is -0.121. The minimum Gasteiger partial charge on any atom is -0.354 e. The number of hydrogen-bond acceptors (Lipinski definition) is 2. The molecule has 0 aromatic heterocycles. The number of benzene rings is 1. The molecule has 0 aliphatic rings. The predicted molar refractivity (Wildman–Crippen MR) is 86.0 cm³/mol. The van der Waals surface area contributed by atoms with Crippen molar-refractivity contribution in [1.29, 1.82) is 0 Å². The minimum absolute atomic E-state index is 0. The molecule has 1 rings (SSSR count). The maximum Gasteiger partial charge on any atom is 0.220 e. The maximum absolute atomic E-state index is 11.6. The second kappa shape index (κ2) is 8.10. The van der Waals surface area contributed by atoms with Crippen molar-refractivity contribution in [2.45, 2.75) is 32.2 Å².